The average Bonchev–Trinajstić information content (AvgIpc) is 3.24. The van der Waals surface area contributed by atoms with Gasteiger partial charge in [0.25, 0.3) is 0 Å². The molecule has 10 heteroatoms. The van der Waals surface area contributed by atoms with Gasteiger partial charge in [-0.1, -0.05) is 67.3 Å². The molecule has 1 atom stereocenters. The third-order valence-corrected chi connectivity index (χ3v) is 7.66. The van der Waals surface area contributed by atoms with Gasteiger partial charge in [0.2, 0.25) is 5.13 Å². The van der Waals surface area contributed by atoms with Crippen LogP contribution in [0.1, 0.15) is 38.2 Å². The Morgan fingerprint density at radius 2 is 2.06 bits per heavy atom. The van der Waals surface area contributed by atoms with Gasteiger partial charge in [0.05, 0.1) is 30.4 Å². The predicted octanol–water partition coefficient (Wildman–Crippen LogP) is 3.74. The number of ether oxygens (including phenoxy) is 1. The van der Waals surface area contributed by atoms with E-state index in [-0.39, 0.29) is 28.7 Å². The van der Waals surface area contributed by atoms with Crippen LogP contribution in [0.25, 0.3) is 0 Å². The van der Waals surface area contributed by atoms with Crippen molar-refractivity contribution in [1.29, 1.82) is 5.26 Å². The second-order valence-corrected chi connectivity index (χ2v) is 10.8. The molecular formula is C23H23N5O3S2. The minimum atomic E-state index is -0.521. The summed E-state index contributed by atoms with van der Waals surface area (Å²) in [6, 6.07) is 11.7. The fourth-order valence-electron chi connectivity index (χ4n) is 4.24. The second-order valence-electron chi connectivity index (χ2n) is 8.61. The number of nitrogens with two attached hydrogens (primary N) is 1. The van der Waals surface area contributed by atoms with Crippen LogP contribution in [-0.2, 0) is 14.3 Å². The van der Waals surface area contributed by atoms with Crippen LogP contribution in [0, 0.1) is 16.7 Å². The first kappa shape index (κ1) is 23.0. The van der Waals surface area contributed by atoms with Crippen LogP contribution in [0.2, 0.25) is 0 Å². The molecule has 0 bridgehead atoms. The van der Waals surface area contributed by atoms with Gasteiger partial charge < -0.3 is 10.5 Å². The Kier molecular flexibility index (Phi) is 6.28. The summed E-state index contributed by atoms with van der Waals surface area (Å²) < 4.78 is 5.24. The van der Waals surface area contributed by atoms with Crippen LogP contribution in [0.5, 0.6) is 0 Å². The summed E-state index contributed by atoms with van der Waals surface area (Å²) in [6.07, 6.45) is 0.985. The molecule has 2 heterocycles. The van der Waals surface area contributed by atoms with E-state index in [2.05, 4.69) is 21.0 Å². The molecule has 1 aliphatic heterocycles. The van der Waals surface area contributed by atoms with Crippen molar-refractivity contribution in [2.75, 3.05) is 17.8 Å². The number of carbonyl (C=O) groups is 2. The summed E-state index contributed by atoms with van der Waals surface area (Å²) in [7, 11) is 1.33. The molecule has 0 radical (unpaired) electrons. The van der Waals surface area contributed by atoms with Crippen LogP contribution in [0.4, 0.5) is 5.13 Å². The van der Waals surface area contributed by atoms with Crippen molar-refractivity contribution in [3.63, 3.8) is 0 Å². The summed E-state index contributed by atoms with van der Waals surface area (Å²) in [6.45, 7) is 4.09. The summed E-state index contributed by atoms with van der Waals surface area (Å²) >= 11 is 2.46. The van der Waals surface area contributed by atoms with E-state index in [1.165, 1.54) is 30.2 Å². The minimum Gasteiger partial charge on any atom is -0.468 e. The lowest BCUT2D eigenvalue weighted by molar-refractivity contribution is -0.137. The SMILES string of the molecule is COC(=O)CSc1nnc(N2C(N)=C(C#N)C(c3ccccc3)C3=C2CC(C)(C)CC3=O)s1. The molecule has 0 saturated heterocycles. The normalized spacial score (nSPS) is 19.9. The molecule has 0 spiro atoms. The quantitative estimate of drug-likeness (QED) is 0.502. The maximum absolute atomic E-state index is 13.4. The van der Waals surface area contributed by atoms with Gasteiger partial charge in [-0.25, -0.2) is 0 Å². The molecular weight excluding hydrogens is 458 g/mol. The zero-order chi connectivity index (χ0) is 23.8. The predicted molar refractivity (Wildman–Crippen MR) is 126 cm³/mol. The van der Waals surface area contributed by atoms with Crippen LogP contribution >= 0.6 is 23.1 Å². The topological polar surface area (TPSA) is 122 Å². The van der Waals surface area contributed by atoms with Gasteiger partial charge >= 0.3 is 5.97 Å². The molecule has 4 rings (SSSR count). The lowest BCUT2D eigenvalue weighted by Crippen LogP contribution is -2.42. The van der Waals surface area contributed by atoms with E-state index in [4.69, 9.17) is 5.73 Å². The van der Waals surface area contributed by atoms with Crippen molar-refractivity contribution in [2.24, 2.45) is 11.1 Å². The number of Topliss-reactive ketones (excluding diaryl/α,β-unsaturated/α-hetero) is 1. The fourth-order valence-corrected chi connectivity index (χ4v) is 5.95. The van der Waals surface area contributed by atoms with E-state index in [0.29, 0.717) is 33.5 Å². The fraction of sp³-hybridized carbons (Fsp3) is 0.348. The number of ketones is 1. The second kappa shape index (κ2) is 9.00. The van der Waals surface area contributed by atoms with Crippen LogP contribution in [0.3, 0.4) is 0 Å². The highest BCUT2D eigenvalue weighted by Gasteiger charge is 2.45. The number of methoxy groups -OCH3 is 1. The minimum absolute atomic E-state index is 0.00478. The number of nitrogens with zero attached hydrogens (tertiary/aromatic N) is 4. The van der Waals surface area contributed by atoms with Crippen molar-refractivity contribution in [1.82, 2.24) is 10.2 Å². The summed E-state index contributed by atoms with van der Waals surface area (Å²) in [5.41, 5.74) is 8.82. The first-order valence-electron chi connectivity index (χ1n) is 10.3. The Bertz CT molecular complexity index is 1210. The first-order chi connectivity index (χ1) is 15.8. The lowest BCUT2D eigenvalue weighted by Gasteiger charge is -2.42. The van der Waals surface area contributed by atoms with E-state index in [1.54, 1.807) is 4.90 Å². The van der Waals surface area contributed by atoms with Crippen LogP contribution in [-0.4, -0.2) is 34.8 Å². The molecule has 1 aromatic carbocycles. The molecule has 1 unspecified atom stereocenters. The van der Waals surface area contributed by atoms with Crippen molar-refractivity contribution < 1.29 is 14.3 Å². The highest BCUT2D eigenvalue weighted by atomic mass is 32.2. The molecule has 170 valence electrons. The summed E-state index contributed by atoms with van der Waals surface area (Å²) in [5.74, 6) is -0.528. The van der Waals surface area contributed by atoms with Crippen LogP contribution < -0.4 is 10.6 Å². The van der Waals surface area contributed by atoms with Gasteiger partial charge in [0.15, 0.2) is 10.1 Å². The Balaban J connectivity index is 1.84. The Labute approximate surface area is 200 Å². The van der Waals surface area contributed by atoms with Gasteiger partial charge in [0, 0.05) is 17.7 Å². The van der Waals surface area contributed by atoms with E-state index in [1.807, 2.05) is 44.2 Å². The van der Waals surface area contributed by atoms with E-state index < -0.39 is 5.92 Å². The number of hydrogen-bond donors (Lipinski definition) is 1. The molecule has 1 aliphatic carbocycles. The molecule has 2 aliphatic rings. The molecule has 33 heavy (non-hydrogen) atoms. The van der Waals surface area contributed by atoms with Gasteiger partial charge in [-0.15, -0.1) is 10.2 Å². The number of rotatable bonds is 5. The third kappa shape index (κ3) is 4.38. The van der Waals surface area contributed by atoms with Gasteiger partial charge in [-0.05, 0) is 17.4 Å². The van der Waals surface area contributed by atoms with E-state index >= 15 is 0 Å². The van der Waals surface area contributed by atoms with Gasteiger partial charge in [0.1, 0.15) is 5.82 Å². The highest BCUT2D eigenvalue weighted by molar-refractivity contribution is 8.01. The Morgan fingerprint density at radius 3 is 2.73 bits per heavy atom. The number of hydrogen-bond acceptors (Lipinski definition) is 10. The van der Waals surface area contributed by atoms with Gasteiger partial charge in [-0.2, -0.15) is 5.26 Å². The third-order valence-electron chi connectivity index (χ3n) is 5.64. The number of thioether (sulfide) groups is 1. The monoisotopic (exact) mass is 481 g/mol. The number of esters is 1. The molecule has 0 amide bonds. The number of benzene rings is 1. The number of carbonyl (C=O) groups excluding carboxylic acids is 2. The number of aromatic nitrogens is 2. The summed E-state index contributed by atoms with van der Waals surface area (Å²) in [5, 5.41) is 19.0. The maximum atomic E-state index is 13.4. The summed E-state index contributed by atoms with van der Waals surface area (Å²) in [4.78, 5) is 26.6. The zero-order valence-corrected chi connectivity index (χ0v) is 20.1. The Morgan fingerprint density at radius 1 is 1.33 bits per heavy atom. The molecule has 2 N–H and O–H groups in total. The van der Waals surface area contributed by atoms with Crippen molar-refractivity contribution >= 4 is 40.0 Å². The smallest absolute Gasteiger partial charge is 0.316 e. The molecule has 1 aromatic heterocycles. The molecule has 0 saturated carbocycles. The van der Waals surface area contributed by atoms with Crippen molar-refractivity contribution in [3.8, 4) is 6.07 Å². The molecule has 8 nitrogen and oxygen atoms in total. The number of allylic oxidation sites excluding steroid dienone is 3. The Hall–Kier alpha value is -3.16. The number of nitriles is 1. The largest absolute Gasteiger partial charge is 0.468 e. The highest BCUT2D eigenvalue weighted by Crippen LogP contribution is 2.50. The first-order valence-corrected chi connectivity index (χ1v) is 12.1. The van der Waals surface area contributed by atoms with E-state index in [9.17, 15) is 14.9 Å². The lowest BCUT2D eigenvalue weighted by atomic mass is 9.69. The van der Waals surface area contributed by atoms with E-state index in [0.717, 1.165) is 11.3 Å². The maximum Gasteiger partial charge on any atom is 0.316 e. The van der Waals surface area contributed by atoms with Crippen molar-refractivity contribution in [3.05, 3.63) is 58.6 Å². The molecule has 2 aromatic rings. The molecule has 0 fully saturated rings. The van der Waals surface area contributed by atoms with Crippen molar-refractivity contribution in [2.45, 2.75) is 36.9 Å². The average molecular weight is 482 g/mol. The van der Waals surface area contributed by atoms with Crippen LogP contribution in [0.15, 0.2) is 57.3 Å². The standard InChI is InChI=1S/C23H23N5O3S2/c1-23(2)9-15-19(16(29)10-23)18(13-7-5-4-6-8-13)14(11-24)20(25)28(15)21-26-27-22(33-21)32-12-17(30)31-3/h4-8,18H,9-10,12,25H2,1-3H3. The number of anilines is 1. The zero-order valence-electron chi connectivity index (χ0n) is 18.5. The van der Waals surface area contributed by atoms with Gasteiger partial charge in [-0.3, -0.25) is 14.5 Å².